The van der Waals surface area contributed by atoms with Gasteiger partial charge in [-0.1, -0.05) is 24.3 Å². The van der Waals surface area contributed by atoms with Crippen molar-refractivity contribution in [3.8, 4) is 0 Å². The van der Waals surface area contributed by atoms with E-state index in [9.17, 15) is 9.59 Å². The number of nitrogens with one attached hydrogen (secondary N) is 1. The van der Waals surface area contributed by atoms with Gasteiger partial charge in [-0.25, -0.2) is 9.78 Å². The second-order valence-electron chi connectivity index (χ2n) is 6.04. The lowest BCUT2D eigenvalue weighted by Gasteiger charge is -2.28. The smallest absolute Gasteiger partial charge is 0.338 e. The van der Waals surface area contributed by atoms with E-state index in [1.54, 1.807) is 29.4 Å². The van der Waals surface area contributed by atoms with Crippen LogP contribution >= 0.6 is 0 Å². The van der Waals surface area contributed by atoms with Crippen LogP contribution in [0.15, 0.2) is 48.8 Å². The van der Waals surface area contributed by atoms with E-state index >= 15 is 0 Å². The molecular formula is C19H17N3O3. The second kappa shape index (κ2) is 6.39. The number of hydrogen-bond acceptors (Lipinski definition) is 4. The van der Waals surface area contributed by atoms with Crippen LogP contribution < -0.4 is 0 Å². The van der Waals surface area contributed by atoms with Crippen molar-refractivity contribution < 1.29 is 14.3 Å². The predicted octanol–water partition coefficient (Wildman–Crippen LogP) is 2.30. The minimum Gasteiger partial charge on any atom is -0.452 e. The zero-order chi connectivity index (χ0) is 17.2. The van der Waals surface area contributed by atoms with Crippen LogP contribution in [0, 0.1) is 0 Å². The SMILES string of the molecule is O=C(OCC(=O)N1CCc2ccccc2C1)c1ccc2nc[nH]c2c1. The number of esters is 1. The Bertz CT molecular complexity index is 948. The van der Waals surface area contributed by atoms with Crippen molar-refractivity contribution in [3.63, 3.8) is 0 Å². The molecule has 0 fully saturated rings. The monoisotopic (exact) mass is 335 g/mol. The van der Waals surface area contributed by atoms with E-state index in [2.05, 4.69) is 16.0 Å². The molecular weight excluding hydrogens is 318 g/mol. The average molecular weight is 335 g/mol. The summed E-state index contributed by atoms with van der Waals surface area (Å²) in [5, 5.41) is 0. The maximum Gasteiger partial charge on any atom is 0.338 e. The number of aromatic amines is 1. The molecule has 0 radical (unpaired) electrons. The van der Waals surface area contributed by atoms with E-state index in [1.165, 1.54) is 5.56 Å². The number of imidazole rings is 1. The largest absolute Gasteiger partial charge is 0.452 e. The molecule has 0 unspecified atom stereocenters. The zero-order valence-corrected chi connectivity index (χ0v) is 13.6. The maximum atomic E-state index is 12.3. The lowest BCUT2D eigenvalue weighted by Crippen LogP contribution is -2.38. The number of hydrogen-bond donors (Lipinski definition) is 1. The van der Waals surface area contributed by atoms with Gasteiger partial charge in [0, 0.05) is 13.1 Å². The third kappa shape index (κ3) is 3.10. The van der Waals surface area contributed by atoms with E-state index in [1.807, 2.05) is 18.2 Å². The van der Waals surface area contributed by atoms with Crippen LogP contribution in [0.1, 0.15) is 21.5 Å². The summed E-state index contributed by atoms with van der Waals surface area (Å²) in [5.74, 6) is -0.687. The molecule has 1 amide bonds. The first-order chi connectivity index (χ1) is 12.2. The molecule has 126 valence electrons. The number of rotatable bonds is 3. The number of ether oxygens (including phenoxy) is 1. The van der Waals surface area contributed by atoms with E-state index < -0.39 is 5.97 Å². The number of amides is 1. The van der Waals surface area contributed by atoms with Gasteiger partial charge in [0.1, 0.15) is 0 Å². The number of carbonyl (C=O) groups is 2. The third-order valence-electron chi connectivity index (χ3n) is 4.47. The molecule has 1 aliphatic rings. The number of fused-ring (bicyclic) bond motifs is 2. The minimum atomic E-state index is -0.512. The summed E-state index contributed by atoms with van der Waals surface area (Å²) in [4.78, 5) is 33.3. The van der Waals surface area contributed by atoms with E-state index in [0.29, 0.717) is 18.7 Å². The number of H-pyrrole nitrogens is 1. The fraction of sp³-hybridized carbons (Fsp3) is 0.211. The Morgan fingerprint density at radius 2 is 2.00 bits per heavy atom. The number of nitrogens with zero attached hydrogens (tertiary/aromatic N) is 2. The summed E-state index contributed by atoms with van der Waals surface area (Å²) in [6.45, 7) is 0.960. The van der Waals surface area contributed by atoms with E-state index in [4.69, 9.17) is 4.74 Å². The summed E-state index contributed by atoms with van der Waals surface area (Å²) in [6.07, 6.45) is 2.39. The molecule has 25 heavy (non-hydrogen) atoms. The van der Waals surface area contributed by atoms with Crippen LogP contribution in [0.3, 0.4) is 0 Å². The Hall–Kier alpha value is -3.15. The fourth-order valence-electron chi connectivity index (χ4n) is 3.07. The van der Waals surface area contributed by atoms with Crippen molar-refractivity contribution in [1.82, 2.24) is 14.9 Å². The molecule has 1 aliphatic heterocycles. The van der Waals surface area contributed by atoms with Crippen molar-refractivity contribution in [3.05, 3.63) is 65.5 Å². The molecule has 6 heteroatoms. The highest BCUT2D eigenvalue weighted by Crippen LogP contribution is 2.18. The lowest BCUT2D eigenvalue weighted by molar-refractivity contribution is -0.135. The summed E-state index contributed by atoms with van der Waals surface area (Å²) in [7, 11) is 0. The van der Waals surface area contributed by atoms with Crippen molar-refractivity contribution in [2.24, 2.45) is 0 Å². The van der Waals surface area contributed by atoms with Crippen LogP contribution in [0.4, 0.5) is 0 Å². The molecule has 0 aliphatic carbocycles. The van der Waals surface area contributed by atoms with Crippen LogP contribution in [0.25, 0.3) is 11.0 Å². The topological polar surface area (TPSA) is 75.3 Å². The molecule has 2 heterocycles. The van der Waals surface area contributed by atoms with Gasteiger partial charge in [0.2, 0.25) is 0 Å². The number of aromatic nitrogens is 2. The van der Waals surface area contributed by atoms with E-state index in [-0.39, 0.29) is 12.5 Å². The summed E-state index contributed by atoms with van der Waals surface area (Å²) < 4.78 is 5.19. The maximum absolute atomic E-state index is 12.3. The Kier molecular flexibility index (Phi) is 3.93. The number of carbonyl (C=O) groups excluding carboxylic acids is 2. The molecule has 6 nitrogen and oxygen atoms in total. The summed E-state index contributed by atoms with van der Waals surface area (Å²) in [6, 6.07) is 13.2. The summed E-state index contributed by atoms with van der Waals surface area (Å²) >= 11 is 0. The van der Waals surface area contributed by atoms with Gasteiger partial charge in [0.25, 0.3) is 5.91 Å². The Morgan fingerprint density at radius 3 is 2.88 bits per heavy atom. The number of benzene rings is 2. The van der Waals surface area contributed by atoms with Gasteiger partial charge in [-0.3, -0.25) is 4.79 Å². The van der Waals surface area contributed by atoms with Crippen molar-refractivity contribution in [2.45, 2.75) is 13.0 Å². The standard InChI is InChI=1S/C19H17N3O3/c23-18(22-8-7-13-3-1-2-4-15(13)10-22)11-25-19(24)14-5-6-16-17(9-14)21-12-20-16/h1-6,9,12H,7-8,10-11H2,(H,20,21). The predicted molar refractivity (Wildman–Crippen MR) is 91.9 cm³/mol. The molecule has 2 aromatic carbocycles. The Morgan fingerprint density at radius 1 is 1.16 bits per heavy atom. The summed E-state index contributed by atoms with van der Waals surface area (Å²) in [5.41, 5.74) is 4.36. The van der Waals surface area contributed by atoms with Gasteiger partial charge in [0.05, 0.1) is 22.9 Å². The average Bonchev–Trinajstić information content (AvgIpc) is 3.13. The molecule has 4 rings (SSSR count). The first-order valence-electron chi connectivity index (χ1n) is 8.15. The van der Waals surface area contributed by atoms with Gasteiger partial charge in [-0.05, 0) is 35.7 Å². The third-order valence-corrected chi connectivity index (χ3v) is 4.47. The van der Waals surface area contributed by atoms with Crippen LogP contribution in [-0.2, 0) is 22.5 Å². The molecule has 0 saturated heterocycles. The normalized spacial score (nSPS) is 13.5. The first kappa shape index (κ1) is 15.4. The van der Waals surface area contributed by atoms with E-state index in [0.717, 1.165) is 23.0 Å². The van der Waals surface area contributed by atoms with Crippen LogP contribution in [-0.4, -0.2) is 39.9 Å². The zero-order valence-electron chi connectivity index (χ0n) is 13.6. The van der Waals surface area contributed by atoms with Gasteiger partial charge in [-0.2, -0.15) is 0 Å². The van der Waals surface area contributed by atoms with Crippen molar-refractivity contribution >= 4 is 22.9 Å². The van der Waals surface area contributed by atoms with Crippen molar-refractivity contribution in [2.75, 3.05) is 13.2 Å². The highest BCUT2D eigenvalue weighted by Gasteiger charge is 2.21. The van der Waals surface area contributed by atoms with Gasteiger partial charge in [0.15, 0.2) is 6.61 Å². The Labute approximate surface area is 144 Å². The molecule has 0 atom stereocenters. The Balaban J connectivity index is 1.37. The lowest BCUT2D eigenvalue weighted by atomic mass is 10.00. The van der Waals surface area contributed by atoms with Crippen molar-refractivity contribution in [1.29, 1.82) is 0 Å². The second-order valence-corrected chi connectivity index (χ2v) is 6.04. The molecule has 1 N–H and O–H groups in total. The quantitative estimate of drug-likeness (QED) is 0.745. The van der Waals surface area contributed by atoms with Gasteiger partial charge >= 0.3 is 5.97 Å². The molecule has 1 aromatic heterocycles. The molecule has 0 saturated carbocycles. The molecule has 0 spiro atoms. The van der Waals surface area contributed by atoms with Gasteiger partial charge in [-0.15, -0.1) is 0 Å². The molecule has 0 bridgehead atoms. The highest BCUT2D eigenvalue weighted by molar-refractivity contribution is 5.94. The minimum absolute atomic E-state index is 0.175. The highest BCUT2D eigenvalue weighted by atomic mass is 16.5. The van der Waals surface area contributed by atoms with Gasteiger partial charge < -0.3 is 14.6 Å². The first-order valence-corrected chi connectivity index (χ1v) is 8.15. The van der Waals surface area contributed by atoms with Crippen LogP contribution in [0.2, 0.25) is 0 Å². The fourth-order valence-corrected chi connectivity index (χ4v) is 3.07. The molecule has 3 aromatic rings. The van der Waals surface area contributed by atoms with Crippen LogP contribution in [0.5, 0.6) is 0 Å².